The quantitative estimate of drug-likeness (QED) is 0.551. The van der Waals surface area contributed by atoms with Gasteiger partial charge in [0.1, 0.15) is 11.5 Å². The van der Waals surface area contributed by atoms with Crippen molar-refractivity contribution in [2.45, 2.75) is 45.4 Å². The lowest BCUT2D eigenvalue weighted by molar-refractivity contribution is 0.139. The Morgan fingerprint density at radius 2 is 1.62 bits per heavy atom. The minimum absolute atomic E-state index is 0.477. The van der Waals surface area contributed by atoms with Gasteiger partial charge in [0.05, 0.1) is 0 Å². The van der Waals surface area contributed by atoms with Crippen LogP contribution in [0.25, 0.3) is 0 Å². The molecule has 1 aliphatic heterocycles. The van der Waals surface area contributed by atoms with Gasteiger partial charge in [-0.15, -0.1) is 0 Å². The van der Waals surface area contributed by atoms with Gasteiger partial charge in [0.25, 0.3) is 0 Å². The Morgan fingerprint density at radius 1 is 1.08 bits per heavy atom. The van der Waals surface area contributed by atoms with Gasteiger partial charge in [0, 0.05) is 0 Å². The molecular weight excluding hydrogens is 180 g/mol. The van der Waals surface area contributed by atoms with Crippen LogP contribution in [0.3, 0.4) is 0 Å². The molecule has 0 aromatic rings. The predicted octanol–water partition coefficient (Wildman–Crippen LogP) is 2.73. The van der Waals surface area contributed by atoms with Crippen LogP contribution in [-0.4, -0.2) is 16.1 Å². The normalized spacial score (nSPS) is 46.6. The van der Waals surface area contributed by atoms with E-state index >= 15 is 0 Å². The van der Waals surface area contributed by atoms with E-state index in [1.54, 1.807) is 0 Å². The number of hydrogen-bond donors (Lipinski definition) is 0. The van der Waals surface area contributed by atoms with Gasteiger partial charge >= 0.3 is 0 Å². The van der Waals surface area contributed by atoms with E-state index in [-0.39, 0.29) is 0 Å². The molecule has 76 valence electrons. The molecule has 0 bridgehead atoms. The second-order valence-corrected chi connectivity index (χ2v) is 6.73. The highest BCUT2D eigenvalue weighted by Crippen LogP contribution is 2.46. The van der Waals surface area contributed by atoms with E-state index in [0.717, 1.165) is 17.4 Å². The van der Waals surface area contributed by atoms with Crippen LogP contribution in [-0.2, 0) is 11.2 Å². The Labute approximate surface area is 84.5 Å². The smallest absolute Gasteiger partial charge is 0.106 e. The second kappa shape index (κ2) is 3.82. The molecule has 1 heterocycles. The number of hydrogen-bond acceptors (Lipinski definition) is 1. The van der Waals surface area contributed by atoms with E-state index in [4.69, 9.17) is 0 Å². The molecule has 0 unspecified atom stereocenters. The molecule has 0 amide bonds. The van der Waals surface area contributed by atoms with E-state index in [1.807, 2.05) is 0 Å². The molecule has 0 aromatic carbocycles. The summed E-state index contributed by atoms with van der Waals surface area (Å²) in [6, 6.07) is 0. The van der Waals surface area contributed by atoms with Crippen molar-refractivity contribution >= 4 is 11.2 Å². The molecule has 2 aliphatic rings. The van der Waals surface area contributed by atoms with Crippen molar-refractivity contribution < 1.29 is 4.55 Å². The largest absolute Gasteiger partial charge is 0.616 e. The highest BCUT2D eigenvalue weighted by molar-refractivity contribution is 7.91. The fourth-order valence-electron chi connectivity index (χ4n) is 2.76. The summed E-state index contributed by atoms with van der Waals surface area (Å²) < 4.78 is 11.3. The molecule has 1 nitrogen and oxygen atoms in total. The Hall–Kier alpha value is 0.310. The second-order valence-electron chi connectivity index (χ2n) is 5.03. The Kier molecular flexibility index (Phi) is 2.89. The molecule has 2 fully saturated rings. The summed E-state index contributed by atoms with van der Waals surface area (Å²) in [7, 11) is 0. The van der Waals surface area contributed by atoms with Crippen LogP contribution in [0, 0.1) is 11.3 Å². The fourth-order valence-corrected chi connectivity index (χ4v) is 4.29. The molecule has 13 heavy (non-hydrogen) atoms. The van der Waals surface area contributed by atoms with E-state index in [9.17, 15) is 4.55 Å². The summed E-state index contributed by atoms with van der Waals surface area (Å²) in [6.07, 6.45) is 8.12. The third kappa shape index (κ3) is 2.21. The van der Waals surface area contributed by atoms with Gasteiger partial charge in [0.15, 0.2) is 0 Å². The molecule has 0 aromatic heterocycles. The van der Waals surface area contributed by atoms with Crippen molar-refractivity contribution in [2.24, 2.45) is 11.3 Å². The van der Waals surface area contributed by atoms with Crippen LogP contribution in [0.2, 0.25) is 0 Å². The molecule has 1 saturated heterocycles. The lowest BCUT2D eigenvalue weighted by atomic mass is 9.68. The minimum atomic E-state index is -0.477. The standard InChI is InChI=1S/C11H20OS/c1-10-2-4-11(5-3-10)6-8-13(12)9-7-11/h10H,2-9H2,1H3. The average molecular weight is 200 g/mol. The van der Waals surface area contributed by atoms with E-state index in [1.165, 1.54) is 38.5 Å². The maximum Gasteiger partial charge on any atom is 0.106 e. The zero-order chi connectivity index (χ0) is 9.31. The Balaban J connectivity index is 1.90. The summed E-state index contributed by atoms with van der Waals surface area (Å²) in [4.78, 5) is 0. The third-order valence-electron chi connectivity index (χ3n) is 4.06. The summed E-state index contributed by atoms with van der Waals surface area (Å²) in [5.74, 6) is 2.90. The predicted molar refractivity (Wildman–Crippen MR) is 57.2 cm³/mol. The average Bonchev–Trinajstić information content (AvgIpc) is 2.16. The maximum absolute atomic E-state index is 11.3. The van der Waals surface area contributed by atoms with Crippen molar-refractivity contribution in [3.05, 3.63) is 0 Å². The van der Waals surface area contributed by atoms with Gasteiger partial charge in [-0.1, -0.05) is 30.9 Å². The lowest BCUT2D eigenvalue weighted by Crippen LogP contribution is -2.36. The first-order chi connectivity index (χ1) is 6.20. The lowest BCUT2D eigenvalue weighted by Gasteiger charge is -2.42. The Bertz CT molecular complexity index is 141. The SMILES string of the molecule is CC1CCC2(CC1)CC[S+]([O-])CC2. The van der Waals surface area contributed by atoms with Gasteiger partial charge in [-0.25, -0.2) is 0 Å². The molecule has 1 saturated carbocycles. The van der Waals surface area contributed by atoms with Gasteiger partial charge in [0.2, 0.25) is 0 Å². The number of rotatable bonds is 0. The molecule has 1 aliphatic carbocycles. The Morgan fingerprint density at radius 3 is 2.15 bits per heavy atom. The third-order valence-corrected chi connectivity index (χ3v) is 5.37. The van der Waals surface area contributed by atoms with Gasteiger partial charge in [-0.05, 0) is 37.0 Å². The van der Waals surface area contributed by atoms with Crippen molar-refractivity contribution in [3.63, 3.8) is 0 Å². The maximum atomic E-state index is 11.3. The topological polar surface area (TPSA) is 23.1 Å². The van der Waals surface area contributed by atoms with Crippen molar-refractivity contribution in [3.8, 4) is 0 Å². The van der Waals surface area contributed by atoms with Crippen LogP contribution in [0.5, 0.6) is 0 Å². The van der Waals surface area contributed by atoms with Gasteiger partial charge in [-0.3, -0.25) is 0 Å². The van der Waals surface area contributed by atoms with Crippen LogP contribution in [0.15, 0.2) is 0 Å². The molecule has 0 atom stereocenters. The fraction of sp³-hybridized carbons (Fsp3) is 1.00. The highest BCUT2D eigenvalue weighted by atomic mass is 32.2. The van der Waals surface area contributed by atoms with Crippen LogP contribution in [0.4, 0.5) is 0 Å². The summed E-state index contributed by atoms with van der Waals surface area (Å²) in [6.45, 7) is 2.37. The van der Waals surface area contributed by atoms with E-state index in [0.29, 0.717) is 5.41 Å². The van der Waals surface area contributed by atoms with Gasteiger partial charge < -0.3 is 4.55 Å². The highest BCUT2D eigenvalue weighted by Gasteiger charge is 2.38. The summed E-state index contributed by atoms with van der Waals surface area (Å²) in [5.41, 5.74) is 0.625. The van der Waals surface area contributed by atoms with Crippen LogP contribution in [0.1, 0.15) is 45.4 Å². The summed E-state index contributed by atoms with van der Waals surface area (Å²) >= 11 is -0.477. The van der Waals surface area contributed by atoms with E-state index in [2.05, 4.69) is 6.92 Å². The monoisotopic (exact) mass is 200 g/mol. The molecule has 2 heteroatoms. The molecule has 1 spiro atoms. The van der Waals surface area contributed by atoms with Crippen molar-refractivity contribution in [2.75, 3.05) is 11.5 Å². The zero-order valence-electron chi connectivity index (χ0n) is 8.55. The zero-order valence-corrected chi connectivity index (χ0v) is 9.37. The van der Waals surface area contributed by atoms with Crippen LogP contribution >= 0.6 is 0 Å². The molecule has 0 radical (unpaired) electrons. The molecule has 2 rings (SSSR count). The molecule has 0 N–H and O–H groups in total. The molecular formula is C11H20OS. The summed E-state index contributed by atoms with van der Waals surface area (Å²) in [5, 5.41) is 0. The van der Waals surface area contributed by atoms with Crippen LogP contribution < -0.4 is 0 Å². The van der Waals surface area contributed by atoms with Gasteiger partial charge in [-0.2, -0.15) is 0 Å². The van der Waals surface area contributed by atoms with Crippen molar-refractivity contribution in [1.82, 2.24) is 0 Å². The first kappa shape index (κ1) is 9.85. The first-order valence-corrected chi connectivity index (χ1v) is 7.04. The van der Waals surface area contributed by atoms with E-state index < -0.39 is 11.2 Å². The van der Waals surface area contributed by atoms with Crippen molar-refractivity contribution in [1.29, 1.82) is 0 Å². The minimum Gasteiger partial charge on any atom is -0.616 e. The first-order valence-electron chi connectivity index (χ1n) is 5.55.